The number of likely N-dealkylation sites (N-methyl/N-ethyl adjacent to an activating group) is 1. The lowest BCUT2D eigenvalue weighted by atomic mass is 9.92. The lowest BCUT2D eigenvalue weighted by molar-refractivity contribution is -0.265. The summed E-state index contributed by atoms with van der Waals surface area (Å²) in [5, 5.41) is 17.4. The van der Waals surface area contributed by atoms with Crippen LogP contribution in [0.3, 0.4) is 0 Å². The van der Waals surface area contributed by atoms with Gasteiger partial charge < -0.3 is 52.9 Å². The number of hydrogen-bond donors (Lipinski definition) is 2. The van der Waals surface area contributed by atoms with Gasteiger partial charge >= 0.3 is 6.09 Å². The summed E-state index contributed by atoms with van der Waals surface area (Å²) in [7, 11) is 4.97. The highest BCUT2D eigenvalue weighted by Gasteiger charge is 2.55. The third-order valence-corrected chi connectivity index (χ3v) is 10.3. The van der Waals surface area contributed by atoms with E-state index >= 15 is 0 Å². The number of hydrogen-bond acceptors (Lipinski definition) is 9. The molecule has 13 nitrogen and oxygen atoms in total. The molecule has 2 bridgehead atoms. The first-order valence-electron chi connectivity index (χ1n) is 16.6. The van der Waals surface area contributed by atoms with Crippen LogP contribution in [0.1, 0.15) is 41.7 Å². The Morgan fingerprint density at radius 3 is 2.33 bits per heavy atom. The molecule has 2 N–H and O–H groups in total. The van der Waals surface area contributed by atoms with Crippen LogP contribution < -0.4 is 5.32 Å². The second kappa shape index (κ2) is 12.3. The van der Waals surface area contributed by atoms with Crippen molar-refractivity contribution in [1.29, 1.82) is 0 Å². The summed E-state index contributed by atoms with van der Waals surface area (Å²) in [6.07, 6.45) is -2.47. The van der Waals surface area contributed by atoms with Crippen LogP contribution in [0.2, 0.25) is 0 Å². The van der Waals surface area contributed by atoms with Gasteiger partial charge in [-0.3, -0.25) is 4.79 Å². The van der Waals surface area contributed by atoms with E-state index in [1.165, 1.54) is 0 Å². The average Bonchev–Trinajstić information content (AvgIpc) is 3.71. The molecule has 8 rings (SSSR count). The molecule has 49 heavy (non-hydrogen) atoms. The van der Waals surface area contributed by atoms with E-state index in [1.807, 2.05) is 55.5 Å². The lowest BCUT2D eigenvalue weighted by Crippen LogP contribution is -2.61. The summed E-state index contributed by atoms with van der Waals surface area (Å²) in [5.74, 6) is -0.318. The van der Waals surface area contributed by atoms with Crippen molar-refractivity contribution in [3.63, 3.8) is 0 Å². The first kappa shape index (κ1) is 32.0. The van der Waals surface area contributed by atoms with Crippen molar-refractivity contribution < 1.29 is 43.1 Å². The molecule has 3 aliphatic heterocycles. The Balaban J connectivity index is 1.23. The molecule has 13 heteroatoms. The summed E-state index contributed by atoms with van der Waals surface area (Å²) >= 11 is 0. The van der Waals surface area contributed by atoms with Crippen LogP contribution in [-0.2, 0) is 34.1 Å². The van der Waals surface area contributed by atoms with Crippen LogP contribution in [0.25, 0.3) is 43.6 Å². The SMILES string of the molecule is COCCOCCOCCOC(=O)N(C)[C@@H]1C[C@H]2O[C@@](C)([C@@H]1OC)n1c3ccccc3c3c4c(c5c6ccccc6n2c5c31)C(=O)NC4O. The molecule has 2 aromatic heterocycles. The molecule has 5 heterocycles. The van der Waals surface area contributed by atoms with E-state index in [-0.39, 0.29) is 19.1 Å². The molecular weight excluding hydrogens is 632 g/mol. The van der Waals surface area contributed by atoms with Gasteiger partial charge in [0.05, 0.1) is 66.7 Å². The second-order valence-electron chi connectivity index (χ2n) is 12.9. The number of rotatable bonds is 11. The molecule has 1 saturated heterocycles. The normalized spacial score (nSPS) is 24.2. The van der Waals surface area contributed by atoms with Crippen molar-refractivity contribution in [2.45, 2.75) is 43.7 Å². The van der Waals surface area contributed by atoms with Gasteiger partial charge in [0.15, 0.2) is 12.0 Å². The van der Waals surface area contributed by atoms with Gasteiger partial charge in [0.25, 0.3) is 5.91 Å². The minimum atomic E-state index is -1.18. The number of aromatic nitrogens is 2. The number of methoxy groups -OCH3 is 2. The van der Waals surface area contributed by atoms with E-state index in [4.69, 9.17) is 28.4 Å². The maximum Gasteiger partial charge on any atom is 0.409 e. The quantitative estimate of drug-likeness (QED) is 0.196. The van der Waals surface area contributed by atoms with Crippen molar-refractivity contribution in [3.05, 3.63) is 59.7 Å². The van der Waals surface area contributed by atoms with E-state index in [0.717, 1.165) is 43.6 Å². The van der Waals surface area contributed by atoms with Crippen molar-refractivity contribution in [3.8, 4) is 0 Å². The van der Waals surface area contributed by atoms with Crippen molar-refractivity contribution in [2.75, 3.05) is 60.9 Å². The molecule has 258 valence electrons. The van der Waals surface area contributed by atoms with Gasteiger partial charge in [-0.05, 0) is 19.1 Å². The van der Waals surface area contributed by atoms with Crippen LogP contribution in [0, 0.1) is 0 Å². The van der Waals surface area contributed by atoms with Crippen LogP contribution in [0.15, 0.2) is 48.5 Å². The summed E-state index contributed by atoms with van der Waals surface area (Å²) in [5.41, 5.74) is 3.31. The number of aliphatic hydroxyl groups is 1. The summed E-state index contributed by atoms with van der Waals surface area (Å²) in [4.78, 5) is 28.8. The molecule has 1 fully saturated rings. The van der Waals surface area contributed by atoms with Gasteiger partial charge in [-0.2, -0.15) is 0 Å². The van der Waals surface area contributed by atoms with Gasteiger partial charge in [-0.1, -0.05) is 36.4 Å². The number of nitrogens with one attached hydrogen (secondary N) is 1. The Morgan fingerprint density at radius 2 is 1.61 bits per heavy atom. The number of nitrogens with zero attached hydrogens (tertiary/aromatic N) is 3. The Morgan fingerprint density at radius 1 is 0.959 bits per heavy atom. The largest absolute Gasteiger partial charge is 0.447 e. The zero-order valence-electron chi connectivity index (χ0n) is 27.9. The number of carbonyl (C=O) groups excluding carboxylic acids is 2. The zero-order valence-corrected chi connectivity index (χ0v) is 27.9. The Hall–Kier alpha value is -4.24. The lowest BCUT2D eigenvalue weighted by Gasteiger charge is -2.50. The molecule has 3 aliphatic rings. The summed E-state index contributed by atoms with van der Waals surface area (Å²) in [6.45, 7) is 4.11. The highest BCUT2D eigenvalue weighted by atomic mass is 16.6. The fourth-order valence-electron chi connectivity index (χ4n) is 8.33. The zero-order chi connectivity index (χ0) is 34.0. The van der Waals surface area contributed by atoms with E-state index in [1.54, 1.807) is 26.2 Å². The maximum absolute atomic E-state index is 13.6. The van der Waals surface area contributed by atoms with Crippen molar-refractivity contribution in [1.82, 2.24) is 19.4 Å². The fraction of sp³-hybridized carbons (Fsp3) is 0.444. The van der Waals surface area contributed by atoms with Crippen LogP contribution in [-0.4, -0.2) is 104 Å². The molecule has 2 amide bonds. The molecule has 3 aromatic carbocycles. The Bertz CT molecular complexity index is 2110. The highest BCUT2D eigenvalue weighted by molar-refractivity contribution is 6.31. The minimum absolute atomic E-state index is 0.0793. The number of para-hydroxylation sites is 2. The minimum Gasteiger partial charge on any atom is -0.447 e. The number of ether oxygens (including phenoxy) is 6. The van der Waals surface area contributed by atoms with Crippen molar-refractivity contribution >= 4 is 55.6 Å². The molecular formula is C36H40N4O9. The van der Waals surface area contributed by atoms with E-state index < -0.39 is 36.4 Å². The molecule has 0 radical (unpaired) electrons. The predicted molar refractivity (Wildman–Crippen MR) is 180 cm³/mol. The summed E-state index contributed by atoms with van der Waals surface area (Å²) < 4.78 is 39.4. The fourth-order valence-corrected chi connectivity index (χ4v) is 8.33. The Labute approximate surface area is 282 Å². The predicted octanol–water partition coefficient (Wildman–Crippen LogP) is 4.37. The average molecular weight is 673 g/mol. The summed E-state index contributed by atoms with van der Waals surface area (Å²) in [6, 6.07) is 15.4. The number of fused-ring (bicyclic) bond motifs is 13. The van der Waals surface area contributed by atoms with E-state index in [2.05, 4.69) is 14.5 Å². The van der Waals surface area contributed by atoms with E-state index in [0.29, 0.717) is 44.0 Å². The first-order chi connectivity index (χ1) is 23.8. The van der Waals surface area contributed by atoms with Gasteiger partial charge in [-0.15, -0.1) is 0 Å². The third kappa shape index (κ3) is 4.68. The van der Waals surface area contributed by atoms with Crippen LogP contribution >= 0.6 is 0 Å². The van der Waals surface area contributed by atoms with Gasteiger partial charge in [-0.25, -0.2) is 4.79 Å². The van der Waals surface area contributed by atoms with Crippen molar-refractivity contribution in [2.24, 2.45) is 0 Å². The van der Waals surface area contributed by atoms with Gasteiger partial charge in [0.2, 0.25) is 0 Å². The molecule has 5 atom stereocenters. The first-order valence-corrected chi connectivity index (χ1v) is 16.6. The number of carbonyl (C=O) groups is 2. The monoisotopic (exact) mass is 672 g/mol. The molecule has 0 spiro atoms. The van der Waals surface area contributed by atoms with Crippen LogP contribution in [0.4, 0.5) is 4.79 Å². The molecule has 5 aromatic rings. The highest BCUT2D eigenvalue weighted by Crippen LogP contribution is 2.55. The standard InChI is InChI=1S/C36H40N4O9/c1-36-32(45-4)24(38(2)35(43)48-18-17-47-16-15-46-14-13-44-3)19-25(49-36)39-22-11-7-5-9-20(22)26-28-29(34(42)37-33(28)41)27-21-10-6-8-12-23(21)40(36)31(27)30(26)39/h5-12,24-25,32,34,42H,13-19H2,1-4H3,(H,37,41)/t24-,25-,32-,34?,36+/m1/s1. The maximum atomic E-state index is 13.6. The van der Waals surface area contributed by atoms with Crippen LogP contribution in [0.5, 0.6) is 0 Å². The smallest absolute Gasteiger partial charge is 0.409 e. The number of aliphatic hydroxyl groups excluding tert-OH is 1. The van der Waals surface area contributed by atoms with Gasteiger partial charge in [0, 0.05) is 54.8 Å². The molecule has 0 aliphatic carbocycles. The second-order valence-corrected chi connectivity index (χ2v) is 12.9. The molecule has 0 saturated carbocycles. The Kier molecular flexibility index (Phi) is 8.01. The topological polar surface area (TPSA) is 135 Å². The number of benzene rings is 3. The number of amides is 2. The third-order valence-electron chi connectivity index (χ3n) is 10.3. The van der Waals surface area contributed by atoms with Gasteiger partial charge in [0.1, 0.15) is 18.9 Å². The van der Waals surface area contributed by atoms with E-state index in [9.17, 15) is 14.7 Å². The molecule has 1 unspecified atom stereocenters.